The molecule has 11 heteroatoms. The van der Waals surface area contributed by atoms with Crippen molar-refractivity contribution in [1.82, 2.24) is 9.97 Å². The van der Waals surface area contributed by atoms with Crippen molar-refractivity contribution in [3.8, 4) is 0 Å². The topological polar surface area (TPSA) is 49.8 Å². The van der Waals surface area contributed by atoms with Gasteiger partial charge in [-0.1, -0.05) is 6.07 Å². The van der Waals surface area contributed by atoms with Crippen molar-refractivity contribution in [2.75, 3.05) is 10.6 Å². The summed E-state index contributed by atoms with van der Waals surface area (Å²) in [7, 11) is 0. The Balaban J connectivity index is 2.55. The predicted molar refractivity (Wildman–Crippen MR) is 85.1 cm³/mol. The second-order valence-corrected chi connectivity index (χ2v) is 6.62. The van der Waals surface area contributed by atoms with Gasteiger partial charge in [0.05, 0.1) is 11.3 Å². The molecular formula is C16H15F7N4. The molecule has 0 spiro atoms. The summed E-state index contributed by atoms with van der Waals surface area (Å²) in [5.41, 5.74) is -4.52. The summed E-state index contributed by atoms with van der Waals surface area (Å²) in [6, 6.07) is 2.60. The normalized spacial score (nSPS) is 12.8. The molecule has 148 valence electrons. The summed E-state index contributed by atoms with van der Waals surface area (Å²) in [4.78, 5) is 7.05. The van der Waals surface area contributed by atoms with Crippen molar-refractivity contribution in [1.29, 1.82) is 0 Å². The number of hydrogen-bond acceptors (Lipinski definition) is 4. The Bertz CT molecular complexity index is 823. The third kappa shape index (κ3) is 5.44. The molecule has 0 atom stereocenters. The van der Waals surface area contributed by atoms with E-state index in [4.69, 9.17) is 0 Å². The Morgan fingerprint density at radius 1 is 0.889 bits per heavy atom. The van der Waals surface area contributed by atoms with E-state index < -0.39 is 52.4 Å². The first-order valence-electron chi connectivity index (χ1n) is 7.54. The average molecular weight is 396 g/mol. The number of benzene rings is 1. The van der Waals surface area contributed by atoms with Crippen LogP contribution < -0.4 is 10.6 Å². The fourth-order valence-corrected chi connectivity index (χ4v) is 2.06. The van der Waals surface area contributed by atoms with Gasteiger partial charge < -0.3 is 10.6 Å². The first-order valence-corrected chi connectivity index (χ1v) is 7.54. The first kappa shape index (κ1) is 20.7. The minimum Gasteiger partial charge on any atom is -0.350 e. The summed E-state index contributed by atoms with van der Waals surface area (Å²) in [6.07, 6.45) is -9.80. The van der Waals surface area contributed by atoms with Crippen LogP contribution >= 0.6 is 0 Å². The largest absolute Gasteiger partial charge is 0.433 e. The number of aromatic nitrogens is 2. The molecule has 0 fully saturated rings. The number of halogens is 7. The number of hydrogen-bond donors (Lipinski definition) is 2. The van der Waals surface area contributed by atoms with Gasteiger partial charge in [0.15, 0.2) is 5.69 Å². The Morgan fingerprint density at radius 3 is 2.04 bits per heavy atom. The fraction of sp³-hybridized carbons (Fsp3) is 0.375. The van der Waals surface area contributed by atoms with Gasteiger partial charge in [-0.25, -0.2) is 9.37 Å². The van der Waals surface area contributed by atoms with Crippen molar-refractivity contribution in [2.24, 2.45) is 0 Å². The summed E-state index contributed by atoms with van der Waals surface area (Å²) in [5.74, 6) is -2.40. The molecule has 1 aromatic heterocycles. The molecule has 2 aromatic rings. The molecule has 0 aliphatic heterocycles. The maximum absolute atomic E-state index is 13.9. The molecule has 0 saturated heterocycles. The van der Waals surface area contributed by atoms with Crippen LogP contribution in [0, 0.1) is 5.82 Å². The van der Waals surface area contributed by atoms with Crippen LogP contribution in [0.15, 0.2) is 24.3 Å². The van der Waals surface area contributed by atoms with E-state index in [2.05, 4.69) is 15.3 Å². The lowest BCUT2D eigenvalue weighted by Gasteiger charge is -2.22. The van der Waals surface area contributed by atoms with Gasteiger partial charge >= 0.3 is 12.4 Å². The van der Waals surface area contributed by atoms with E-state index >= 15 is 0 Å². The molecule has 0 saturated carbocycles. The highest BCUT2D eigenvalue weighted by Gasteiger charge is 2.36. The number of anilines is 3. The molecule has 2 rings (SSSR count). The zero-order valence-electron chi connectivity index (χ0n) is 14.3. The maximum Gasteiger partial charge on any atom is 0.433 e. The minimum absolute atomic E-state index is 0.403. The van der Waals surface area contributed by atoms with Crippen LogP contribution in [0.2, 0.25) is 0 Å². The minimum atomic E-state index is -4.92. The van der Waals surface area contributed by atoms with Crippen LogP contribution in [0.25, 0.3) is 0 Å². The molecule has 0 amide bonds. The highest BCUT2D eigenvalue weighted by Crippen LogP contribution is 2.38. The van der Waals surface area contributed by atoms with Gasteiger partial charge in [0.25, 0.3) is 0 Å². The Labute approximate surface area is 149 Å². The average Bonchev–Trinajstić information content (AvgIpc) is 2.45. The van der Waals surface area contributed by atoms with Gasteiger partial charge in [0, 0.05) is 11.6 Å². The van der Waals surface area contributed by atoms with E-state index in [0.29, 0.717) is 12.1 Å². The molecule has 27 heavy (non-hydrogen) atoms. The molecule has 0 bridgehead atoms. The van der Waals surface area contributed by atoms with Crippen molar-refractivity contribution < 1.29 is 30.7 Å². The monoisotopic (exact) mass is 396 g/mol. The van der Waals surface area contributed by atoms with Crippen molar-refractivity contribution in [3.05, 3.63) is 41.3 Å². The van der Waals surface area contributed by atoms with Crippen LogP contribution in [0.4, 0.5) is 48.2 Å². The summed E-state index contributed by atoms with van der Waals surface area (Å²) >= 11 is 0. The van der Waals surface area contributed by atoms with Crippen LogP contribution in [-0.4, -0.2) is 15.5 Å². The molecule has 0 aliphatic carbocycles. The standard InChI is InChI=1S/C16H15F7N4/c1-14(2,3)27-13-24-10(16(21,22)23)7-11(26-13)25-12-8(15(18,19)20)5-4-6-9(12)17/h4-7H,1-3H3,(H2,24,25,26,27). The molecule has 1 aromatic carbocycles. The molecule has 0 radical (unpaired) electrons. The molecular weight excluding hydrogens is 381 g/mol. The highest BCUT2D eigenvalue weighted by molar-refractivity contribution is 5.63. The zero-order chi connectivity index (χ0) is 20.6. The first-order chi connectivity index (χ1) is 12.2. The summed E-state index contributed by atoms with van der Waals surface area (Å²) in [6.45, 7) is 4.88. The number of para-hydroxylation sites is 1. The predicted octanol–water partition coefficient (Wildman–Crippen LogP) is 5.61. The van der Waals surface area contributed by atoms with E-state index in [1.807, 2.05) is 5.32 Å². The Morgan fingerprint density at radius 2 is 1.52 bits per heavy atom. The quantitative estimate of drug-likeness (QED) is 0.663. The van der Waals surface area contributed by atoms with E-state index in [1.54, 1.807) is 20.8 Å². The maximum atomic E-state index is 13.9. The second-order valence-electron chi connectivity index (χ2n) is 6.62. The second kappa shape index (κ2) is 6.86. The number of nitrogens with one attached hydrogen (secondary N) is 2. The van der Waals surface area contributed by atoms with E-state index in [0.717, 1.165) is 12.1 Å². The smallest absolute Gasteiger partial charge is 0.350 e. The van der Waals surface area contributed by atoms with Gasteiger partial charge in [-0.15, -0.1) is 0 Å². The number of alkyl halides is 6. The summed E-state index contributed by atoms with van der Waals surface area (Å²) in [5, 5.41) is 4.60. The van der Waals surface area contributed by atoms with Crippen molar-refractivity contribution in [3.63, 3.8) is 0 Å². The van der Waals surface area contributed by atoms with Crippen LogP contribution in [0.1, 0.15) is 32.0 Å². The van der Waals surface area contributed by atoms with Crippen LogP contribution in [0.5, 0.6) is 0 Å². The SMILES string of the molecule is CC(C)(C)Nc1nc(Nc2c(F)cccc2C(F)(F)F)cc(C(F)(F)F)n1. The lowest BCUT2D eigenvalue weighted by Crippen LogP contribution is -2.28. The van der Waals surface area contributed by atoms with Crippen molar-refractivity contribution >= 4 is 17.5 Å². The Kier molecular flexibility index (Phi) is 5.26. The molecule has 1 heterocycles. The number of nitrogens with zero attached hydrogens (tertiary/aromatic N) is 2. The molecule has 4 nitrogen and oxygen atoms in total. The van der Waals surface area contributed by atoms with E-state index in [-0.39, 0.29) is 0 Å². The third-order valence-electron chi connectivity index (χ3n) is 3.08. The van der Waals surface area contributed by atoms with Gasteiger partial charge in [-0.2, -0.15) is 31.3 Å². The van der Waals surface area contributed by atoms with Crippen LogP contribution in [-0.2, 0) is 12.4 Å². The molecule has 2 N–H and O–H groups in total. The van der Waals surface area contributed by atoms with Gasteiger partial charge in [0.2, 0.25) is 5.95 Å². The Hall–Kier alpha value is -2.59. The highest BCUT2D eigenvalue weighted by atomic mass is 19.4. The lowest BCUT2D eigenvalue weighted by atomic mass is 10.1. The number of rotatable bonds is 3. The van der Waals surface area contributed by atoms with Gasteiger partial charge in [-0.3, -0.25) is 0 Å². The fourth-order valence-electron chi connectivity index (χ4n) is 2.06. The van der Waals surface area contributed by atoms with Gasteiger partial charge in [0.1, 0.15) is 11.6 Å². The third-order valence-corrected chi connectivity index (χ3v) is 3.08. The molecule has 0 unspecified atom stereocenters. The lowest BCUT2D eigenvalue weighted by molar-refractivity contribution is -0.141. The zero-order valence-corrected chi connectivity index (χ0v) is 14.3. The molecule has 0 aliphatic rings. The van der Waals surface area contributed by atoms with Gasteiger partial charge in [-0.05, 0) is 32.9 Å². The van der Waals surface area contributed by atoms with E-state index in [9.17, 15) is 30.7 Å². The summed E-state index contributed by atoms with van der Waals surface area (Å²) < 4.78 is 92.3. The van der Waals surface area contributed by atoms with E-state index in [1.165, 1.54) is 0 Å². The van der Waals surface area contributed by atoms with Crippen LogP contribution in [0.3, 0.4) is 0 Å². The van der Waals surface area contributed by atoms with Crippen molar-refractivity contribution in [2.45, 2.75) is 38.7 Å².